The van der Waals surface area contributed by atoms with Crippen molar-refractivity contribution in [1.29, 1.82) is 0 Å². The molecule has 0 aliphatic carbocycles. The lowest BCUT2D eigenvalue weighted by Gasteiger charge is -2.31. The van der Waals surface area contributed by atoms with Gasteiger partial charge in [0.1, 0.15) is 0 Å². The van der Waals surface area contributed by atoms with Crippen molar-refractivity contribution < 1.29 is 4.79 Å². The predicted molar refractivity (Wildman–Crippen MR) is 80.5 cm³/mol. The van der Waals surface area contributed by atoms with Gasteiger partial charge in [0.25, 0.3) is 5.91 Å². The predicted octanol–water partition coefficient (Wildman–Crippen LogP) is 1.84. The van der Waals surface area contributed by atoms with Crippen LogP contribution < -0.4 is 11.1 Å². The standard InChI is InChI=1S/C15H26N4O/c1-6-13-12(7-11(4)18-19-13)14(20)17-15(5,9-16)8-10(2)3/h7,10H,6,8-9,16H2,1-5H3,(H,17,20). The fourth-order valence-electron chi connectivity index (χ4n) is 2.40. The summed E-state index contributed by atoms with van der Waals surface area (Å²) >= 11 is 0. The van der Waals surface area contributed by atoms with E-state index in [1.54, 1.807) is 6.07 Å². The third-order valence-electron chi connectivity index (χ3n) is 3.30. The van der Waals surface area contributed by atoms with E-state index in [2.05, 4.69) is 29.4 Å². The number of nitrogens with zero attached hydrogens (tertiary/aromatic N) is 2. The Labute approximate surface area is 121 Å². The van der Waals surface area contributed by atoms with E-state index in [9.17, 15) is 4.79 Å². The summed E-state index contributed by atoms with van der Waals surface area (Å²) < 4.78 is 0. The molecule has 0 radical (unpaired) electrons. The highest BCUT2D eigenvalue weighted by molar-refractivity contribution is 5.95. The second kappa shape index (κ2) is 6.79. The molecule has 5 heteroatoms. The number of hydrogen-bond donors (Lipinski definition) is 2. The molecule has 0 spiro atoms. The summed E-state index contributed by atoms with van der Waals surface area (Å²) in [6.07, 6.45) is 1.52. The van der Waals surface area contributed by atoms with Crippen LogP contribution in [0, 0.1) is 12.8 Å². The van der Waals surface area contributed by atoms with Crippen molar-refractivity contribution >= 4 is 5.91 Å². The molecular formula is C15H26N4O. The Balaban J connectivity index is 2.97. The van der Waals surface area contributed by atoms with Crippen molar-refractivity contribution in [2.45, 2.75) is 53.0 Å². The quantitative estimate of drug-likeness (QED) is 0.832. The van der Waals surface area contributed by atoms with Crippen molar-refractivity contribution in [1.82, 2.24) is 15.5 Å². The van der Waals surface area contributed by atoms with Crippen LogP contribution in [0.1, 0.15) is 55.9 Å². The first-order valence-corrected chi connectivity index (χ1v) is 7.17. The summed E-state index contributed by atoms with van der Waals surface area (Å²) in [5, 5.41) is 11.2. The number of nitrogens with two attached hydrogens (primary N) is 1. The number of carbonyl (C=O) groups is 1. The number of rotatable bonds is 6. The first-order valence-electron chi connectivity index (χ1n) is 7.17. The van der Waals surface area contributed by atoms with Crippen molar-refractivity contribution in [2.75, 3.05) is 6.54 Å². The van der Waals surface area contributed by atoms with Crippen LogP contribution in [-0.2, 0) is 6.42 Å². The van der Waals surface area contributed by atoms with Crippen LogP contribution in [-0.4, -0.2) is 28.2 Å². The number of hydrogen-bond acceptors (Lipinski definition) is 4. The third kappa shape index (κ3) is 4.27. The smallest absolute Gasteiger partial charge is 0.253 e. The van der Waals surface area contributed by atoms with Gasteiger partial charge >= 0.3 is 0 Å². The maximum absolute atomic E-state index is 12.5. The number of nitrogens with one attached hydrogen (secondary N) is 1. The fourth-order valence-corrected chi connectivity index (χ4v) is 2.40. The van der Waals surface area contributed by atoms with E-state index >= 15 is 0 Å². The summed E-state index contributed by atoms with van der Waals surface area (Å²) in [6, 6.07) is 1.79. The Bertz CT molecular complexity index is 473. The average Bonchev–Trinajstić information content (AvgIpc) is 2.37. The summed E-state index contributed by atoms with van der Waals surface area (Å²) in [7, 11) is 0. The lowest BCUT2D eigenvalue weighted by atomic mass is 9.90. The third-order valence-corrected chi connectivity index (χ3v) is 3.30. The van der Waals surface area contributed by atoms with Crippen molar-refractivity contribution in [3.8, 4) is 0 Å². The Kier molecular flexibility index (Phi) is 5.62. The van der Waals surface area contributed by atoms with Crippen LogP contribution in [0.15, 0.2) is 6.07 Å². The molecule has 20 heavy (non-hydrogen) atoms. The topological polar surface area (TPSA) is 80.9 Å². The molecule has 0 aliphatic heterocycles. The van der Waals surface area contributed by atoms with Crippen molar-refractivity contribution in [3.05, 3.63) is 23.0 Å². The minimum absolute atomic E-state index is 0.117. The van der Waals surface area contributed by atoms with Crippen LogP contribution in [0.3, 0.4) is 0 Å². The Morgan fingerprint density at radius 1 is 1.45 bits per heavy atom. The molecule has 1 aromatic heterocycles. The van der Waals surface area contributed by atoms with Gasteiger partial charge in [0.2, 0.25) is 0 Å². The molecule has 1 rings (SSSR count). The number of aryl methyl sites for hydroxylation is 2. The van der Waals surface area contributed by atoms with Crippen LogP contribution in [0.4, 0.5) is 0 Å². The van der Waals surface area contributed by atoms with Crippen LogP contribution >= 0.6 is 0 Å². The number of aromatic nitrogens is 2. The first-order chi connectivity index (χ1) is 9.31. The number of carbonyl (C=O) groups excluding carboxylic acids is 1. The van der Waals surface area contributed by atoms with Gasteiger partial charge in [-0.3, -0.25) is 4.79 Å². The fraction of sp³-hybridized carbons (Fsp3) is 0.667. The second-order valence-electron chi connectivity index (χ2n) is 6.02. The molecule has 1 amide bonds. The first kappa shape index (κ1) is 16.6. The van der Waals surface area contributed by atoms with E-state index in [-0.39, 0.29) is 5.91 Å². The van der Waals surface area contributed by atoms with E-state index in [0.717, 1.165) is 17.8 Å². The molecule has 0 aliphatic rings. The van der Waals surface area contributed by atoms with E-state index in [1.807, 2.05) is 20.8 Å². The minimum atomic E-state index is -0.395. The summed E-state index contributed by atoms with van der Waals surface area (Å²) in [5.41, 5.74) is 7.51. The molecule has 112 valence electrons. The van der Waals surface area contributed by atoms with Gasteiger partial charge in [-0.15, -0.1) is 0 Å². The minimum Gasteiger partial charge on any atom is -0.346 e. The zero-order valence-corrected chi connectivity index (χ0v) is 13.2. The average molecular weight is 278 g/mol. The molecule has 3 N–H and O–H groups in total. The lowest BCUT2D eigenvalue weighted by molar-refractivity contribution is 0.0896. The van der Waals surface area contributed by atoms with Crippen LogP contribution in [0.2, 0.25) is 0 Å². The zero-order chi connectivity index (χ0) is 15.3. The maximum Gasteiger partial charge on any atom is 0.253 e. The highest BCUT2D eigenvalue weighted by Gasteiger charge is 2.27. The van der Waals surface area contributed by atoms with E-state index in [0.29, 0.717) is 24.4 Å². The highest BCUT2D eigenvalue weighted by Crippen LogP contribution is 2.17. The summed E-state index contributed by atoms with van der Waals surface area (Å²) in [4.78, 5) is 12.5. The highest BCUT2D eigenvalue weighted by atomic mass is 16.1. The Morgan fingerprint density at radius 3 is 2.60 bits per heavy atom. The van der Waals surface area contributed by atoms with Gasteiger partial charge in [-0.25, -0.2) is 0 Å². The maximum atomic E-state index is 12.5. The Hall–Kier alpha value is -1.49. The molecule has 1 atom stereocenters. The molecule has 1 heterocycles. The molecule has 0 saturated heterocycles. The van der Waals surface area contributed by atoms with Gasteiger partial charge in [0.05, 0.1) is 17.0 Å². The van der Waals surface area contributed by atoms with Gasteiger partial charge in [-0.05, 0) is 38.7 Å². The van der Waals surface area contributed by atoms with Crippen LogP contribution in [0.25, 0.3) is 0 Å². The second-order valence-corrected chi connectivity index (χ2v) is 6.02. The largest absolute Gasteiger partial charge is 0.346 e. The van der Waals surface area contributed by atoms with E-state index in [1.165, 1.54) is 0 Å². The molecule has 0 fully saturated rings. The molecule has 5 nitrogen and oxygen atoms in total. The van der Waals surface area contributed by atoms with Gasteiger partial charge in [0, 0.05) is 12.1 Å². The molecule has 0 aromatic carbocycles. The van der Waals surface area contributed by atoms with Gasteiger partial charge in [-0.2, -0.15) is 10.2 Å². The summed E-state index contributed by atoms with van der Waals surface area (Å²) in [5.74, 6) is 0.347. The van der Waals surface area contributed by atoms with Gasteiger partial charge in [-0.1, -0.05) is 20.8 Å². The normalized spacial score (nSPS) is 14.2. The SMILES string of the molecule is CCc1nnc(C)cc1C(=O)NC(C)(CN)CC(C)C. The Morgan fingerprint density at radius 2 is 2.10 bits per heavy atom. The number of amides is 1. The van der Waals surface area contributed by atoms with Crippen molar-refractivity contribution in [2.24, 2.45) is 11.7 Å². The molecular weight excluding hydrogens is 252 g/mol. The molecule has 0 bridgehead atoms. The zero-order valence-electron chi connectivity index (χ0n) is 13.2. The monoisotopic (exact) mass is 278 g/mol. The van der Waals surface area contributed by atoms with E-state index < -0.39 is 5.54 Å². The van der Waals surface area contributed by atoms with Gasteiger partial charge < -0.3 is 11.1 Å². The summed E-state index contributed by atoms with van der Waals surface area (Å²) in [6.45, 7) is 10.4. The van der Waals surface area contributed by atoms with Crippen LogP contribution in [0.5, 0.6) is 0 Å². The van der Waals surface area contributed by atoms with E-state index in [4.69, 9.17) is 5.73 Å². The lowest BCUT2D eigenvalue weighted by Crippen LogP contribution is -2.52. The van der Waals surface area contributed by atoms with Gasteiger partial charge in [0.15, 0.2) is 0 Å². The molecule has 1 unspecified atom stereocenters. The van der Waals surface area contributed by atoms with Crippen molar-refractivity contribution in [3.63, 3.8) is 0 Å². The molecule has 0 saturated carbocycles. The molecule has 1 aromatic rings.